The lowest BCUT2D eigenvalue weighted by Gasteiger charge is -2.04. The number of halogens is 1. The highest BCUT2D eigenvalue weighted by Gasteiger charge is 2.13. The third-order valence-electron chi connectivity index (χ3n) is 1.95. The Morgan fingerprint density at radius 1 is 1.50 bits per heavy atom. The monoisotopic (exact) mass is 271 g/mol. The fraction of sp³-hybridized carbons (Fsp3) is 0.222. The van der Waals surface area contributed by atoms with E-state index in [9.17, 15) is 0 Å². The van der Waals surface area contributed by atoms with Crippen molar-refractivity contribution in [2.75, 3.05) is 0 Å². The molecular formula is C9H10BrN3S. The molecule has 2 aromatic heterocycles. The van der Waals surface area contributed by atoms with E-state index < -0.39 is 0 Å². The number of thiophene rings is 1. The number of hydrogen-bond donors (Lipinski definition) is 1. The Morgan fingerprint density at radius 2 is 2.29 bits per heavy atom. The Bertz CT molecular complexity index is 394. The minimum absolute atomic E-state index is 0.118. The van der Waals surface area contributed by atoms with Crippen molar-refractivity contribution < 1.29 is 0 Å². The molecule has 74 valence electrons. The minimum atomic E-state index is -0.118. The van der Waals surface area contributed by atoms with Gasteiger partial charge in [-0.25, -0.2) is 0 Å². The van der Waals surface area contributed by atoms with Crippen molar-refractivity contribution in [3.63, 3.8) is 0 Å². The zero-order chi connectivity index (χ0) is 10.1. The second kappa shape index (κ2) is 3.84. The summed E-state index contributed by atoms with van der Waals surface area (Å²) in [4.78, 5) is 1.12. The summed E-state index contributed by atoms with van der Waals surface area (Å²) in [5.74, 6) is 0. The van der Waals surface area contributed by atoms with Gasteiger partial charge < -0.3 is 5.73 Å². The van der Waals surface area contributed by atoms with Gasteiger partial charge in [0.1, 0.15) is 0 Å². The minimum Gasteiger partial charge on any atom is -0.318 e. The van der Waals surface area contributed by atoms with E-state index >= 15 is 0 Å². The van der Waals surface area contributed by atoms with Crippen LogP contribution in [-0.4, -0.2) is 9.78 Å². The van der Waals surface area contributed by atoms with Crippen LogP contribution in [-0.2, 0) is 7.05 Å². The van der Waals surface area contributed by atoms with E-state index in [1.807, 2.05) is 31.4 Å². The summed E-state index contributed by atoms with van der Waals surface area (Å²) in [6, 6.07) is 5.85. The smallest absolute Gasteiger partial charge is 0.0845 e. The van der Waals surface area contributed by atoms with Crippen LogP contribution in [0.2, 0.25) is 0 Å². The molecule has 0 aliphatic heterocycles. The maximum absolute atomic E-state index is 6.06. The third-order valence-corrected chi connectivity index (χ3v) is 3.66. The van der Waals surface area contributed by atoms with Crippen LogP contribution in [0.1, 0.15) is 16.6 Å². The topological polar surface area (TPSA) is 43.8 Å². The van der Waals surface area contributed by atoms with Crippen molar-refractivity contribution in [3.05, 3.63) is 38.8 Å². The van der Waals surface area contributed by atoms with E-state index in [0.29, 0.717) is 0 Å². The van der Waals surface area contributed by atoms with Crippen molar-refractivity contribution in [2.45, 2.75) is 6.04 Å². The van der Waals surface area contributed by atoms with Gasteiger partial charge in [0.15, 0.2) is 0 Å². The Kier molecular flexibility index (Phi) is 2.71. The Labute approximate surface area is 94.7 Å². The van der Waals surface area contributed by atoms with Gasteiger partial charge in [-0.2, -0.15) is 5.10 Å². The summed E-state index contributed by atoms with van der Waals surface area (Å²) in [7, 11) is 1.89. The lowest BCUT2D eigenvalue weighted by atomic mass is 10.2. The molecule has 1 unspecified atom stereocenters. The fourth-order valence-corrected chi connectivity index (χ4v) is 2.68. The SMILES string of the molecule is Cn1ccc(C(N)c2ccc(Br)s2)n1. The average Bonchev–Trinajstić information content (AvgIpc) is 2.73. The lowest BCUT2D eigenvalue weighted by Crippen LogP contribution is -2.11. The molecule has 2 N–H and O–H groups in total. The summed E-state index contributed by atoms with van der Waals surface area (Å²) in [6.07, 6.45) is 1.90. The van der Waals surface area contributed by atoms with Crippen molar-refractivity contribution in [1.29, 1.82) is 0 Å². The van der Waals surface area contributed by atoms with Crippen LogP contribution < -0.4 is 5.73 Å². The van der Waals surface area contributed by atoms with Crippen LogP contribution >= 0.6 is 27.3 Å². The standard InChI is InChI=1S/C9H10BrN3S/c1-13-5-4-6(12-13)9(11)7-2-3-8(10)14-7/h2-5,9H,11H2,1H3. The molecule has 0 spiro atoms. The number of aromatic nitrogens is 2. The van der Waals surface area contributed by atoms with E-state index in [-0.39, 0.29) is 6.04 Å². The maximum atomic E-state index is 6.06. The maximum Gasteiger partial charge on any atom is 0.0845 e. The molecule has 0 fully saturated rings. The largest absolute Gasteiger partial charge is 0.318 e. The lowest BCUT2D eigenvalue weighted by molar-refractivity contribution is 0.720. The van der Waals surface area contributed by atoms with Crippen molar-refractivity contribution in [2.24, 2.45) is 12.8 Å². The van der Waals surface area contributed by atoms with E-state index in [4.69, 9.17) is 5.73 Å². The Balaban J connectivity index is 2.28. The molecule has 0 aliphatic carbocycles. The molecule has 3 nitrogen and oxygen atoms in total. The normalized spacial score (nSPS) is 13.1. The third kappa shape index (κ3) is 1.89. The van der Waals surface area contributed by atoms with Gasteiger partial charge in [0.05, 0.1) is 15.5 Å². The quantitative estimate of drug-likeness (QED) is 0.911. The molecular weight excluding hydrogens is 262 g/mol. The highest BCUT2D eigenvalue weighted by atomic mass is 79.9. The first-order valence-corrected chi connectivity index (χ1v) is 5.78. The molecule has 2 heterocycles. The van der Waals surface area contributed by atoms with E-state index in [1.165, 1.54) is 0 Å². The Morgan fingerprint density at radius 3 is 2.79 bits per heavy atom. The highest BCUT2D eigenvalue weighted by Crippen LogP contribution is 2.28. The van der Waals surface area contributed by atoms with Crippen LogP contribution in [0, 0.1) is 0 Å². The molecule has 0 aromatic carbocycles. The molecule has 2 aromatic rings. The number of hydrogen-bond acceptors (Lipinski definition) is 3. The molecule has 1 atom stereocenters. The van der Waals surface area contributed by atoms with Gasteiger partial charge in [0.25, 0.3) is 0 Å². The van der Waals surface area contributed by atoms with Gasteiger partial charge in [-0.15, -0.1) is 11.3 Å². The zero-order valence-electron chi connectivity index (χ0n) is 7.64. The molecule has 14 heavy (non-hydrogen) atoms. The van der Waals surface area contributed by atoms with Gasteiger partial charge in [0.2, 0.25) is 0 Å². The second-order valence-corrected chi connectivity index (χ2v) is 5.53. The average molecular weight is 272 g/mol. The molecule has 0 saturated carbocycles. The molecule has 5 heteroatoms. The number of rotatable bonds is 2. The van der Waals surface area contributed by atoms with Gasteiger partial charge in [-0.05, 0) is 34.1 Å². The first kappa shape index (κ1) is 9.89. The molecule has 2 rings (SSSR count). The predicted molar refractivity (Wildman–Crippen MR) is 61.3 cm³/mol. The zero-order valence-corrected chi connectivity index (χ0v) is 10.0. The highest BCUT2D eigenvalue weighted by molar-refractivity contribution is 9.11. The van der Waals surface area contributed by atoms with Crippen molar-refractivity contribution in [3.8, 4) is 0 Å². The molecule has 0 radical (unpaired) electrons. The van der Waals surface area contributed by atoms with Crippen LogP contribution in [0.25, 0.3) is 0 Å². The van der Waals surface area contributed by atoms with Crippen LogP contribution in [0.15, 0.2) is 28.2 Å². The summed E-state index contributed by atoms with van der Waals surface area (Å²) in [6.45, 7) is 0. The van der Waals surface area contributed by atoms with Gasteiger partial charge in [0, 0.05) is 18.1 Å². The van der Waals surface area contributed by atoms with E-state index in [2.05, 4.69) is 21.0 Å². The molecule has 0 aliphatic rings. The van der Waals surface area contributed by atoms with Gasteiger partial charge in [-0.1, -0.05) is 0 Å². The van der Waals surface area contributed by atoms with Gasteiger partial charge >= 0.3 is 0 Å². The molecule has 0 amide bonds. The van der Waals surface area contributed by atoms with Crippen molar-refractivity contribution >= 4 is 27.3 Å². The Hall–Kier alpha value is -0.650. The summed E-state index contributed by atoms with van der Waals surface area (Å²) >= 11 is 5.06. The van der Waals surface area contributed by atoms with Gasteiger partial charge in [-0.3, -0.25) is 4.68 Å². The van der Waals surface area contributed by atoms with Crippen LogP contribution in [0.5, 0.6) is 0 Å². The molecule has 0 bridgehead atoms. The predicted octanol–water partition coefficient (Wildman–Crippen LogP) is 2.29. The van der Waals surface area contributed by atoms with E-state index in [0.717, 1.165) is 14.4 Å². The first-order valence-electron chi connectivity index (χ1n) is 4.17. The summed E-state index contributed by atoms with van der Waals surface area (Å²) in [5.41, 5.74) is 6.96. The summed E-state index contributed by atoms with van der Waals surface area (Å²) in [5, 5.41) is 4.28. The van der Waals surface area contributed by atoms with Crippen molar-refractivity contribution in [1.82, 2.24) is 9.78 Å². The number of nitrogens with zero attached hydrogens (tertiary/aromatic N) is 2. The molecule has 0 saturated heterocycles. The van der Waals surface area contributed by atoms with Crippen LogP contribution in [0.4, 0.5) is 0 Å². The second-order valence-electron chi connectivity index (χ2n) is 3.03. The first-order chi connectivity index (χ1) is 6.66. The van der Waals surface area contributed by atoms with Crippen LogP contribution in [0.3, 0.4) is 0 Å². The van der Waals surface area contributed by atoms with E-state index in [1.54, 1.807) is 16.0 Å². The number of aryl methyl sites for hydroxylation is 1. The summed E-state index contributed by atoms with van der Waals surface area (Å²) < 4.78 is 2.86. The number of nitrogens with two attached hydrogens (primary N) is 1. The fourth-order valence-electron chi connectivity index (χ4n) is 1.24.